The van der Waals surface area contributed by atoms with Crippen molar-refractivity contribution in [3.05, 3.63) is 58.7 Å². The Morgan fingerprint density at radius 2 is 2.05 bits per heavy atom. The second kappa shape index (κ2) is 6.15. The Labute approximate surface area is 134 Å². The first-order valence-corrected chi connectivity index (χ1v) is 7.29. The summed E-state index contributed by atoms with van der Waals surface area (Å²) in [6.45, 7) is -0.0620. The fraction of sp³-hybridized carbons (Fsp3) is 0.133. The van der Waals surface area contributed by atoms with Crippen molar-refractivity contribution in [3.8, 4) is 11.5 Å². The van der Waals surface area contributed by atoms with Crippen LogP contribution in [-0.2, 0) is 18.4 Å². The van der Waals surface area contributed by atoms with Gasteiger partial charge in [-0.05, 0) is 36.4 Å². The maximum absolute atomic E-state index is 11.9. The third-order valence-corrected chi connectivity index (χ3v) is 3.57. The molecule has 0 fully saturated rings. The van der Waals surface area contributed by atoms with Crippen molar-refractivity contribution >= 4 is 21.9 Å². The fourth-order valence-corrected chi connectivity index (χ4v) is 2.16. The highest BCUT2D eigenvalue weighted by molar-refractivity contribution is 9.10. The Bertz CT molecular complexity index is 792. The molecule has 0 radical (unpaired) electrons. The van der Waals surface area contributed by atoms with E-state index in [-0.39, 0.29) is 12.5 Å². The molecule has 0 atom stereocenters. The van der Waals surface area contributed by atoms with Gasteiger partial charge >= 0.3 is 5.97 Å². The Kier molecular flexibility index (Phi) is 4.06. The molecule has 0 aliphatic rings. The number of rotatable bonds is 4. The maximum atomic E-state index is 11.9. The third-order valence-electron chi connectivity index (χ3n) is 3.04. The van der Waals surface area contributed by atoms with E-state index in [9.17, 15) is 4.79 Å². The number of esters is 1. The molecule has 0 spiro atoms. The van der Waals surface area contributed by atoms with Crippen LogP contribution in [0.15, 0.2) is 51.5 Å². The van der Waals surface area contributed by atoms with E-state index < -0.39 is 5.97 Å². The minimum Gasteiger partial charge on any atom is -0.451 e. The highest BCUT2D eigenvalue weighted by atomic mass is 79.9. The average molecular weight is 362 g/mol. The number of ether oxygens (including phenoxy) is 1. The highest BCUT2D eigenvalue weighted by Crippen LogP contribution is 2.20. The van der Waals surface area contributed by atoms with E-state index in [0.717, 1.165) is 10.0 Å². The first-order chi connectivity index (χ1) is 10.6. The number of hydrogen-bond donors (Lipinski definition) is 0. The molecule has 3 aromatic rings. The van der Waals surface area contributed by atoms with Crippen molar-refractivity contribution < 1.29 is 13.9 Å². The molecule has 6 nitrogen and oxygen atoms in total. The van der Waals surface area contributed by atoms with Gasteiger partial charge in [0.05, 0.1) is 0 Å². The van der Waals surface area contributed by atoms with Gasteiger partial charge in [0.25, 0.3) is 5.89 Å². The number of halogens is 1. The van der Waals surface area contributed by atoms with Crippen molar-refractivity contribution in [2.24, 2.45) is 7.05 Å². The number of benzene rings is 1. The van der Waals surface area contributed by atoms with Crippen LogP contribution in [0.5, 0.6) is 0 Å². The van der Waals surface area contributed by atoms with Gasteiger partial charge in [0.15, 0.2) is 6.61 Å². The van der Waals surface area contributed by atoms with E-state index >= 15 is 0 Å². The molecule has 7 heteroatoms. The lowest BCUT2D eigenvalue weighted by atomic mass is 10.2. The molecule has 0 aliphatic carbocycles. The molecule has 0 N–H and O–H groups in total. The van der Waals surface area contributed by atoms with Gasteiger partial charge in [0.1, 0.15) is 5.69 Å². The van der Waals surface area contributed by atoms with Crippen LogP contribution >= 0.6 is 15.9 Å². The van der Waals surface area contributed by atoms with Crippen molar-refractivity contribution in [2.45, 2.75) is 6.61 Å². The summed E-state index contributed by atoms with van der Waals surface area (Å²) in [6, 6.07) is 10.9. The van der Waals surface area contributed by atoms with E-state index in [0.29, 0.717) is 11.6 Å². The molecule has 0 saturated heterocycles. The number of aromatic nitrogens is 3. The van der Waals surface area contributed by atoms with Crippen molar-refractivity contribution in [2.75, 3.05) is 0 Å². The Morgan fingerprint density at radius 3 is 2.73 bits per heavy atom. The topological polar surface area (TPSA) is 70.2 Å². The van der Waals surface area contributed by atoms with Gasteiger partial charge < -0.3 is 13.7 Å². The van der Waals surface area contributed by atoms with Gasteiger partial charge in [-0.1, -0.05) is 15.9 Å². The van der Waals surface area contributed by atoms with Crippen molar-refractivity contribution in [1.29, 1.82) is 0 Å². The van der Waals surface area contributed by atoms with Gasteiger partial charge in [0.2, 0.25) is 5.89 Å². The monoisotopic (exact) mass is 361 g/mol. The SMILES string of the molecule is Cn1cccc1C(=O)OCc1nnc(-c2ccc(Br)cc2)o1. The zero-order valence-electron chi connectivity index (χ0n) is 11.7. The molecular weight excluding hydrogens is 350 g/mol. The molecule has 0 aliphatic heterocycles. The second-order valence-corrected chi connectivity index (χ2v) is 5.50. The van der Waals surface area contributed by atoms with E-state index in [1.165, 1.54) is 0 Å². The smallest absolute Gasteiger partial charge is 0.355 e. The van der Waals surface area contributed by atoms with Gasteiger partial charge in [-0.15, -0.1) is 10.2 Å². The minimum absolute atomic E-state index is 0.0620. The van der Waals surface area contributed by atoms with Gasteiger partial charge in [-0.3, -0.25) is 0 Å². The third kappa shape index (κ3) is 3.09. The zero-order chi connectivity index (χ0) is 15.5. The van der Waals surface area contributed by atoms with Crippen molar-refractivity contribution in [1.82, 2.24) is 14.8 Å². The summed E-state index contributed by atoms with van der Waals surface area (Å²) >= 11 is 3.36. The molecular formula is C15H12BrN3O3. The van der Waals surface area contributed by atoms with E-state index in [1.807, 2.05) is 24.3 Å². The van der Waals surface area contributed by atoms with Crippen LogP contribution in [0.1, 0.15) is 16.4 Å². The maximum Gasteiger partial charge on any atom is 0.355 e. The van der Waals surface area contributed by atoms with Crippen LogP contribution in [-0.4, -0.2) is 20.7 Å². The van der Waals surface area contributed by atoms with Gasteiger partial charge in [-0.2, -0.15) is 0 Å². The average Bonchev–Trinajstić information content (AvgIpc) is 3.14. The molecule has 3 rings (SSSR count). The summed E-state index contributed by atoms with van der Waals surface area (Å²) in [5, 5.41) is 7.82. The molecule has 0 bridgehead atoms. The minimum atomic E-state index is -0.434. The summed E-state index contributed by atoms with van der Waals surface area (Å²) < 4.78 is 13.3. The Morgan fingerprint density at radius 1 is 1.27 bits per heavy atom. The summed E-state index contributed by atoms with van der Waals surface area (Å²) in [4.78, 5) is 11.9. The predicted molar refractivity (Wildman–Crippen MR) is 82.0 cm³/mol. The summed E-state index contributed by atoms with van der Waals surface area (Å²) in [6.07, 6.45) is 1.77. The van der Waals surface area contributed by atoms with Crippen LogP contribution in [0.3, 0.4) is 0 Å². The summed E-state index contributed by atoms with van der Waals surface area (Å²) in [5.41, 5.74) is 1.27. The molecule has 0 amide bonds. The lowest BCUT2D eigenvalue weighted by Gasteiger charge is -2.02. The number of carbonyl (C=O) groups excluding carboxylic acids is 1. The standard InChI is InChI=1S/C15H12BrN3O3/c1-19-8-2-3-12(19)15(20)21-9-13-17-18-14(22-13)10-4-6-11(16)7-5-10/h2-8H,9H2,1H3. The molecule has 2 heterocycles. The molecule has 1 aromatic carbocycles. The quantitative estimate of drug-likeness (QED) is 0.667. The number of hydrogen-bond acceptors (Lipinski definition) is 5. The predicted octanol–water partition coefficient (Wildman–Crippen LogP) is 3.19. The lowest BCUT2D eigenvalue weighted by molar-refractivity contribution is 0.0427. The van der Waals surface area contributed by atoms with Gasteiger partial charge in [0, 0.05) is 23.3 Å². The molecule has 112 valence electrons. The highest BCUT2D eigenvalue weighted by Gasteiger charge is 2.14. The Balaban J connectivity index is 1.66. The van der Waals surface area contributed by atoms with Crippen LogP contribution < -0.4 is 0 Å². The molecule has 2 aromatic heterocycles. The number of nitrogens with zero attached hydrogens (tertiary/aromatic N) is 3. The van der Waals surface area contributed by atoms with Crippen LogP contribution in [0.4, 0.5) is 0 Å². The molecule has 22 heavy (non-hydrogen) atoms. The van der Waals surface area contributed by atoms with Crippen LogP contribution in [0, 0.1) is 0 Å². The van der Waals surface area contributed by atoms with E-state index in [4.69, 9.17) is 9.15 Å². The van der Waals surface area contributed by atoms with Crippen LogP contribution in [0.25, 0.3) is 11.5 Å². The van der Waals surface area contributed by atoms with E-state index in [1.54, 1.807) is 29.9 Å². The van der Waals surface area contributed by atoms with Crippen molar-refractivity contribution in [3.63, 3.8) is 0 Å². The first kappa shape index (κ1) is 14.5. The second-order valence-electron chi connectivity index (χ2n) is 4.59. The summed E-state index contributed by atoms with van der Waals surface area (Å²) in [5.74, 6) is 0.203. The number of carbonyl (C=O) groups is 1. The summed E-state index contributed by atoms with van der Waals surface area (Å²) in [7, 11) is 1.77. The largest absolute Gasteiger partial charge is 0.451 e. The van der Waals surface area contributed by atoms with Gasteiger partial charge in [-0.25, -0.2) is 4.79 Å². The lowest BCUT2D eigenvalue weighted by Crippen LogP contribution is -2.09. The first-order valence-electron chi connectivity index (χ1n) is 6.50. The van der Waals surface area contributed by atoms with E-state index in [2.05, 4.69) is 26.1 Å². The normalized spacial score (nSPS) is 10.6. The molecule has 0 unspecified atom stereocenters. The fourth-order valence-electron chi connectivity index (χ4n) is 1.90. The Hall–Kier alpha value is -2.41. The molecule has 0 saturated carbocycles. The number of aryl methyl sites for hydroxylation is 1. The zero-order valence-corrected chi connectivity index (χ0v) is 13.3. The van der Waals surface area contributed by atoms with Crippen LogP contribution in [0.2, 0.25) is 0 Å².